The number of hydrogen-bond donors (Lipinski definition) is 1. The first kappa shape index (κ1) is 5.07. The fraction of sp³-hybridized carbons (Fsp3) is 0. The zero-order valence-electron chi connectivity index (χ0n) is 5.34. The molecule has 0 aromatic heterocycles. The molecule has 3 aromatic carbocycles. The molecule has 3 aromatic rings. The molecule has 0 aliphatic rings. The first-order valence-electron chi connectivity index (χ1n) is 3.21. The van der Waals surface area contributed by atoms with Crippen molar-refractivity contribution in [2.45, 2.75) is 0 Å². The molecule has 3 heteroatoms. The monoisotopic (exact) mass is 146 g/mol. The molecule has 11 heavy (non-hydrogen) atoms. The van der Waals surface area contributed by atoms with Gasteiger partial charge in [0, 0.05) is 16.2 Å². The Kier molecular flexibility index (Phi) is 0.503. The van der Waals surface area contributed by atoms with E-state index in [0.717, 1.165) is 0 Å². The van der Waals surface area contributed by atoms with Crippen molar-refractivity contribution in [1.29, 1.82) is 0 Å². The predicted octanol–water partition coefficient (Wildman–Crippen LogP) is 0.170. The lowest BCUT2D eigenvalue weighted by Gasteiger charge is -1.78. The normalized spacial score (nSPS) is 12.7. The van der Waals surface area contributed by atoms with E-state index in [-0.39, 0.29) is 16.6 Å². The summed E-state index contributed by atoms with van der Waals surface area (Å²) < 4.78 is 0. The third-order valence-corrected chi connectivity index (χ3v) is 2.11. The van der Waals surface area contributed by atoms with Gasteiger partial charge < -0.3 is 5.11 Å². The smallest absolute Gasteiger partial charge is 0.199 e. The van der Waals surface area contributed by atoms with Gasteiger partial charge in [-0.25, -0.2) is 0 Å². The molecule has 0 fully saturated rings. The lowest BCUT2D eigenvalue weighted by Crippen LogP contribution is -1.73. The molecule has 0 aliphatic carbocycles. The van der Waals surface area contributed by atoms with E-state index in [4.69, 9.17) is 5.11 Å². The molecule has 0 saturated carbocycles. The summed E-state index contributed by atoms with van der Waals surface area (Å²) >= 11 is 0. The topological polar surface area (TPSA) is 54.4 Å². The highest BCUT2D eigenvalue weighted by Crippen LogP contribution is 2.35. The van der Waals surface area contributed by atoms with E-state index in [2.05, 4.69) is 0 Å². The maximum absolute atomic E-state index is 10.9. The molecule has 1 N–H and O–H groups in total. The molecular formula is C8H2O3. The summed E-state index contributed by atoms with van der Waals surface area (Å²) in [6.45, 7) is 0. The van der Waals surface area contributed by atoms with E-state index in [1.807, 2.05) is 0 Å². The Morgan fingerprint density at radius 3 is 2.45 bits per heavy atom. The van der Waals surface area contributed by atoms with Crippen molar-refractivity contribution in [3.05, 3.63) is 26.5 Å². The van der Waals surface area contributed by atoms with Gasteiger partial charge in [0.15, 0.2) is 10.9 Å². The summed E-state index contributed by atoms with van der Waals surface area (Å²) in [7, 11) is 0. The van der Waals surface area contributed by atoms with E-state index in [0.29, 0.717) is 21.5 Å². The van der Waals surface area contributed by atoms with Crippen LogP contribution in [0.25, 0.3) is 21.5 Å². The fourth-order valence-electron chi connectivity index (χ4n) is 1.43. The summed E-state index contributed by atoms with van der Waals surface area (Å²) in [4.78, 5) is 21.7. The van der Waals surface area contributed by atoms with Crippen LogP contribution in [0.2, 0.25) is 0 Å². The van der Waals surface area contributed by atoms with Crippen LogP contribution in [-0.4, -0.2) is 5.11 Å². The zero-order valence-corrected chi connectivity index (χ0v) is 5.34. The summed E-state index contributed by atoms with van der Waals surface area (Å²) in [6.07, 6.45) is 0. The number of rotatable bonds is 0. The molecule has 3 rings (SSSR count). The minimum absolute atomic E-state index is 0.0467. The quantitative estimate of drug-likeness (QED) is 0.491. The average molecular weight is 146 g/mol. The second-order valence-corrected chi connectivity index (χ2v) is 2.73. The van der Waals surface area contributed by atoms with E-state index in [1.54, 1.807) is 0 Å². The van der Waals surface area contributed by atoms with Gasteiger partial charge in [-0.05, 0) is 6.07 Å². The van der Waals surface area contributed by atoms with Gasteiger partial charge >= 0.3 is 0 Å². The van der Waals surface area contributed by atoms with Gasteiger partial charge in [0.1, 0.15) is 5.75 Å². The Morgan fingerprint density at radius 1 is 1.00 bits per heavy atom. The number of fused-ring (bicyclic) bond motifs is 3. The minimum atomic E-state index is -0.172. The molecule has 0 unspecified atom stereocenters. The molecule has 0 amide bonds. The number of aromatic hydroxyl groups is 1. The van der Waals surface area contributed by atoms with E-state index >= 15 is 0 Å². The van der Waals surface area contributed by atoms with Gasteiger partial charge in [-0.15, -0.1) is 0 Å². The summed E-state index contributed by atoms with van der Waals surface area (Å²) in [5.74, 6) is -0.0467. The molecule has 0 saturated heterocycles. The van der Waals surface area contributed by atoms with Crippen molar-refractivity contribution in [3.63, 3.8) is 0 Å². The Hall–Kier alpha value is -1.64. The van der Waals surface area contributed by atoms with Crippen molar-refractivity contribution in [1.82, 2.24) is 0 Å². The van der Waals surface area contributed by atoms with Crippen LogP contribution in [0, 0.1) is 0 Å². The van der Waals surface area contributed by atoms with Crippen molar-refractivity contribution < 1.29 is 5.11 Å². The predicted molar refractivity (Wildman–Crippen MR) is 40.4 cm³/mol. The molecule has 0 heterocycles. The standard InChI is InChI=1S/C8H2O3/c9-3-1-2-4(7(2)10)6-5(3)8(6)11/h1,9H. The molecule has 0 atom stereocenters. The number of phenols is 1. The molecule has 3 nitrogen and oxygen atoms in total. The molecule has 0 bridgehead atoms. The van der Waals surface area contributed by atoms with Gasteiger partial charge in [-0.1, -0.05) is 0 Å². The van der Waals surface area contributed by atoms with Crippen LogP contribution in [0.3, 0.4) is 0 Å². The Bertz CT molecular complexity index is 613. The van der Waals surface area contributed by atoms with Crippen LogP contribution in [0.15, 0.2) is 15.7 Å². The van der Waals surface area contributed by atoms with Crippen LogP contribution in [0.4, 0.5) is 0 Å². The van der Waals surface area contributed by atoms with Crippen LogP contribution in [-0.2, 0) is 0 Å². The van der Waals surface area contributed by atoms with Gasteiger partial charge in [-0.3, -0.25) is 9.59 Å². The number of hydrogen-bond acceptors (Lipinski definition) is 3. The maximum atomic E-state index is 10.9. The molecule has 0 radical (unpaired) electrons. The lowest BCUT2D eigenvalue weighted by molar-refractivity contribution is 0.483. The second kappa shape index (κ2) is 1.09. The van der Waals surface area contributed by atoms with E-state index in [1.165, 1.54) is 6.07 Å². The summed E-state index contributed by atoms with van der Waals surface area (Å²) in [5.41, 5.74) is -0.262. The largest absolute Gasteiger partial charge is 0.507 e. The maximum Gasteiger partial charge on any atom is 0.199 e. The van der Waals surface area contributed by atoms with Crippen LogP contribution < -0.4 is 10.9 Å². The van der Waals surface area contributed by atoms with E-state index in [9.17, 15) is 9.59 Å². The van der Waals surface area contributed by atoms with Crippen molar-refractivity contribution in [2.75, 3.05) is 0 Å². The van der Waals surface area contributed by atoms with Gasteiger partial charge in [0.25, 0.3) is 0 Å². The van der Waals surface area contributed by atoms with Crippen LogP contribution >= 0.6 is 0 Å². The Balaban J connectivity index is 2.78. The Morgan fingerprint density at radius 2 is 1.73 bits per heavy atom. The minimum Gasteiger partial charge on any atom is -0.507 e. The highest BCUT2D eigenvalue weighted by molar-refractivity contribution is 6.25. The SMILES string of the molecule is O=c1c2cc(O)c3c(=O)c3c12. The second-order valence-electron chi connectivity index (χ2n) is 2.73. The van der Waals surface area contributed by atoms with Crippen molar-refractivity contribution in [3.8, 4) is 5.75 Å². The van der Waals surface area contributed by atoms with E-state index < -0.39 is 0 Å². The lowest BCUT2D eigenvalue weighted by atomic mass is 10.3. The first-order valence-corrected chi connectivity index (χ1v) is 3.21. The molecule has 0 aliphatic heterocycles. The molecule has 0 spiro atoms. The zero-order chi connectivity index (χ0) is 7.75. The number of benzene rings is 1. The van der Waals surface area contributed by atoms with Crippen molar-refractivity contribution >= 4 is 21.5 Å². The summed E-state index contributed by atoms with van der Waals surface area (Å²) in [5, 5.41) is 10.9. The van der Waals surface area contributed by atoms with Crippen LogP contribution in [0.5, 0.6) is 5.75 Å². The third kappa shape index (κ3) is 0.367. The van der Waals surface area contributed by atoms with Gasteiger partial charge in [0.2, 0.25) is 0 Å². The van der Waals surface area contributed by atoms with Crippen molar-refractivity contribution in [2.24, 2.45) is 0 Å². The molecular weight excluding hydrogens is 144 g/mol. The molecule has 52 valence electrons. The third-order valence-electron chi connectivity index (χ3n) is 2.11. The van der Waals surface area contributed by atoms with Crippen LogP contribution in [0.1, 0.15) is 0 Å². The van der Waals surface area contributed by atoms with Gasteiger partial charge in [0.05, 0.1) is 5.39 Å². The average Bonchev–Trinajstić information content (AvgIpc) is 2.77. The van der Waals surface area contributed by atoms with Gasteiger partial charge in [-0.2, -0.15) is 0 Å². The number of phenolic OH excluding ortho intramolecular Hbond substituents is 1. The fourth-order valence-corrected chi connectivity index (χ4v) is 1.43. The summed E-state index contributed by atoms with van der Waals surface area (Å²) in [6, 6.07) is 1.36. The highest BCUT2D eigenvalue weighted by Gasteiger charge is 2.28. The highest BCUT2D eigenvalue weighted by atomic mass is 16.3. The Labute approximate surface area is 59.8 Å². The first-order chi connectivity index (χ1) is 5.22.